The van der Waals surface area contributed by atoms with Crippen molar-refractivity contribution in [2.24, 2.45) is 0 Å². The van der Waals surface area contributed by atoms with Gasteiger partial charge in [0.1, 0.15) is 17.8 Å². The Morgan fingerprint density at radius 2 is 2.26 bits per heavy atom. The second-order valence-electron chi connectivity index (χ2n) is 3.59. The predicted octanol–water partition coefficient (Wildman–Crippen LogP) is 2.79. The van der Waals surface area contributed by atoms with Crippen molar-refractivity contribution in [2.45, 2.75) is 6.54 Å². The molecule has 98 valence electrons. The molecule has 0 aliphatic heterocycles. The van der Waals surface area contributed by atoms with E-state index in [1.54, 1.807) is 12.3 Å². The highest BCUT2D eigenvalue weighted by atomic mass is 35.5. The molecule has 2 rings (SSSR count). The second kappa shape index (κ2) is 5.57. The number of anilines is 1. The molecule has 0 bridgehead atoms. The maximum atomic E-state index is 13.3. The summed E-state index contributed by atoms with van der Waals surface area (Å²) in [6.07, 6.45) is 2.90. The fourth-order valence-electron chi connectivity index (χ4n) is 1.44. The molecule has 0 spiro atoms. The van der Waals surface area contributed by atoms with E-state index >= 15 is 0 Å². The third kappa shape index (κ3) is 3.14. The Morgan fingerprint density at radius 1 is 1.47 bits per heavy atom. The highest BCUT2D eigenvalue weighted by molar-refractivity contribution is 6.31. The van der Waals surface area contributed by atoms with E-state index in [9.17, 15) is 14.5 Å². The molecule has 0 aliphatic rings. The van der Waals surface area contributed by atoms with Gasteiger partial charge < -0.3 is 5.32 Å². The van der Waals surface area contributed by atoms with Crippen LogP contribution in [0.4, 0.5) is 15.8 Å². The number of benzene rings is 1. The van der Waals surface area contributed by atoms with Crippen LogP contribution < -0.4 is 5.32 Å². The molecule has 0 amide bonds. The molecule has 1 aromatic carbocycles. The Hall–Kier alpha value is -2.28. The number of nitrogens with zero attached hydrogens (tertiary/aromatic N) is 3. The van der Waals surface area contributed by atoms with Crippen LogP contribution in [-0.4, -0.2) is 14.9 Å². The molecule has 19 heavy (non-hydrogen) atoms. The van der Waals surface area contributed by atoms with Crippen molar-refractivity contribution in [2.75, 3.05) is 5.32 Å². The number of hydrogen-bond donors (Lipinski definition) is 1. The van der Waals surface area contributed by atoms with E-state index in [1.165, 1.54) is 6.33 Å². The number of nitrogens with one attached hydrogen (secondary N) is 1. The molecule has 0 fully saturated rings. The fourth-order valence-corrected chi connectivity index (χ4v) is 1.60. The zero-order chi connectivity index (χ0) is 13.8. The number of halogens is 2. The monoisotopic (exact) mass is 282 g/mol. The molecular formula is C11H8ClFN4O2. The number of hydrogen-bond acceptors (Lipinski definition) is 5. The average molecular weight is 283 g/mol. The molecule has 0 saturated heterocycles. The zero-order valence-electron chi connectivity index (χ0n) is 9.51. The van der Waals surface area contributed by atoms with Crippen molar-refractivity contribution < 1.29 is 9.31 Å². The summed E-state index contributed by atoms with van der Waals surface area (Å²) in [5, 5.41) is 13.3. The van der Waals surface area contributed by atoms with E-state index in [4.69, 9.17) is 11.6 Å². The number of aromatic nitrogens is 2. The Kier molecular flexibility index (Phi) is 3.86. The SMILES string of the molecule is O=[N+]([O-])c1cc(Cl)c(F)cc1NCc1ccncn1. The van der Waals surface area contributed by atoms with Gasteiger partial charge in [-0.05, 0) is 6.07 Å². The Labute approximate surface area is 112 Å². The molecule has 0 atom stereocenters. The lowest BCUT2D eigenvalue weighted by Crippen LogP contribution is -2.04. The van der Waals surface area contributed by atoms with Gasteiger partial charge in [-0.3, -0.25) is 10.1 Å². The largest absolute Gasteiger partial charge is 0.374 e. The maximum absolute atomic E-state index is 13.3. The fraction of sp³-hybridized carbons (Fsp3) is 0.0909. The van der Waals surface area contributed by atoms with Gasteiger partial charge in [-0.15, -0.1) is 0 Å². The number of nitro groups is 1. The number of nitro benzene ring substituents is 1. The maximum Gasteiger partial charge on any atom is 0.294 e. The zero-order valence-corrected chi connectivity index (χ0v) is 10.3. The lowest BCUT2D eigenvalue weighted by molar-refractivity contribution is -0.384. The highest BCUT2D eigenvalue weighted by Gasteiger charge is 2.17. The van der Waals surface area contributed by atoms with Gasteiger partial charge in [-0.1, -0.05) is 11.6 Å². The molecule has 0 unspecified atom stereocenters. The molecule has 1 aromatic heterocycles. The molecule has 2 aromatic rings. The van der Waals surface area contributed by atoms with Crippen LogP contribution in [0.2, 0.25) is 5.02 Å². The van der Waals surface area contributed by atoms with Crippen LogP contribution in [0.25, 0.3) is 0 Å². The third-order valence-electron chi connectivity index (χ3n) is 2.34. The van der Waals surface area contributed by atoms with Gasteiger partial charge in [-0.25, -0.2) is 14.4 Å². The van der Waals surface area contributed by atoms with Crippen molar-refractivity contribution in [1.29, 1.82) is 0 Å². The molecule has 0 aliphatic carbocycles. The van der Waals surface area contributed by atoms with Crippen LogP contribution in [0.1, 0.15) is 5.69 Å². The van der Waals surface area contributed by atoms with E-state index in [-0.39, 0.29) is 22.9 Å². The second-order valence-corrected chi connectivity index (χ2v) is 4.00. The lowest BCUT2D eigenvalue weighted by Gasteiger charge is -2.07. The van der Waals surface area contributed by atoms with Crippen molar-refractivity contribution in [1.82, 2.24) is 9.97 Å². The summed E-state index contributed by atoms with van der Waals surface area (Å²) in [7, 11) is 0. The minimum atomic E-state index is -0.725. The van der Waals surface area contributed by atoms with Crippen LogP contribution in [0.3, 0.4) is 0 Å². The van der Waals surface area contributed by atoms with Crippen molar-refractivity contribution in [3.63, 3.8) is 0 Å². The molecular weight excluding hydrogens is 275 g/mol. The normalized spacial score (nSPS) is 10.2. The molecule has 6 nitrogen and oxygen atoms in total. The van der Waals surface area contributed by atoms with Crippen molar-refractivity contribution in [3.05, 3.63) is 57.4 Å². The summed E-state index contributed by atoms with van der Waals surface area (Å²) in [5.41, 5.74) is 0.380. The van der Waals surface area contributed by atoms with Gasteiger partial charge >= 0.3 is 0 Å². The van der Waals surface area contributed by atoms with E-state index < -0.39 is 10.7 Å². The predicted molar refractivity (Wildman–Crippen MR) is 67.4 cm³/mol. The van der Waals surface area contributed by atoms with Gasteiger partial charge in [0.15, 0.2) is 0 Å². The van der Waals surface area contributed by atoms with Gasteiger partial charge in [0.05, 0.1) is 22.2 Å². The minimum absolute atomic E-state index is 0.0468. The van der Waals surface area contributed by atoms with Crippen LogP contribution >= 0.6 is 11.6 Å². The first-order chi connectivity index (χ1) is 9.08. The Morgan fingerprint density at radius 3 is 2.89 bits per heavy atom. The van der Waals surface area contributed by atoms with Crippen LogP contribution in [0.5, 0.6) is 0 Å². The lowest BCUT2D eigenvalue weighted by atomic mass is 10.2. The quantitative estimate of drug-likeness (QED) is 0.689. The van der Waals surface area contributed by atoms with Crippen LogP contribution in [0.15, 0.2) is 30.7 Å². The summed E-state index contributed by atoms with van der Waals surface area (Å²) < 4.78 is 13.3. The summed E-state index contributed by atoms with van der Waals surface area (Å²) in [4.78, 5) is 17.9. The first-order valence-electron chi connectivity index (χ1n) is 5.20. The summed E-state index contributed by atoms with van der Waals surface area (Å²) >= 11 is 5.52. The first-order valence-corrected chi connectivity index (χ1v) is 5.58. The van der Waals surface area contributed by atoms with E-state index in [2.05, 4.69) is 15.3 Å². The average Bonchev–Trinajstić information content (AvgIpc) is 2.40. The highest BCUT2D eigenvalue weighted by Crippen LogP contribution is 2.30. The molecule has 0 saturated carbocycles. The Balaban J connectivity index is 2.24. The van der Waals surface area contributed by atoms with E-state index in [0.29, 0.717) is 5.69 Å². The van der Waals surface area contributed by atoms with E-state index in [0.717, 1.165) is 12.1 Å². The summed E-state index contributed by atoms with van der Waals surface area (Å²) in [5.74, 6) is -0.725. The topological polar surface area (TPSA) is 81.0 Å². The first kappa shape index (κ1) is 13.2. The van der Waals surface area contributed by atoms with Gasteiger partial charge in [-0.2, -0.15) is 0 Å². The van der Waals surface area contributed by atoms with Crippen molar-refractivity contribution in [3.8, 4) is 0 Å². The minimum Gasteiger partial charge on any atom is -0.374 e. The molecule has 1 N–H and O–H groups in total. The third-order valence-corrected chi connectivity index (χ3v) is 2.63. The number of rotatable bonds is 4. The van der Waals surface area contributed by atoms with Gasteiger partial charge in [0.25, 0.3) is 5.69 Å². The van der Waals surface area contributed by atoms with E-state index in [1.807, 2.05) is 0 Å². The smallest absolute Gasteiger partial charge is 0.294 e. The summed E-state index contributed by atoms with van der Waals surface area (Å²) in [6.45, 7) is 0.213. The standard InChI is InChI=1S/C11H8ClFN4O2/c12-8-3-11(17(18)19)10(4-9(8)13)15-5-7-1-2-14-6-16-7/h1-4,6,15H,5H2. The summed E-state index contributed by atoms with van der Waals surface area (Å²) in [6, 6.07) is 3.60. The Bertz CT molecular complexity index is 609. The van der Waals surface area contributed by atoms with Gasteiger partial charge in [0, 0.05) is 18.3 Å². The van der Waals surface area contributed by atoms with Gasteiger partial charge in [0.2, 0.25) is 0 Å². The molecule has 8 heteroatoms. The molecule has 0 radical (unpaired) electrons. The van der Waals surface area contributed by atoms with Crippen LogP contribution in [-0.2, 0) is 6.54 Å². The molecule has 1 heterocycles. The van der Waals surface area contributed by atoms with Crippen molar-refractivity contribution >= 4 is 23.0 Å². The van der Waals surface area contributed by atoms with Crippen LogP contribution in [0, 0.1) is 15.9 Å².